The number of nitrogens with zero attached hydrogens (tertiary/aromatic N) is 2. The molecule has 0 saturated carbocycles. The van der Waals surface area contributed by atoms with Crippen LogP contribution in [0.2, 0.25) is 10.0 Å². The molecular formula is C15H10Cl3N3O2S. The van der Waals surface area contributed by atoms with Gasteiger partial charge in [-0.2, -0.15) is 0 Å². The van der Waals surface area contributed by atoms with Gasteiger partial charge in [0.15, 0.2) is 0 Å². The monoisotopic (exact) mass is 401 g/mol. The van der Waals surface area contributed by atoms with Crippen LogP contribution < -0.4 is 5.32 Å². The molecule has 0 aliphatic rings. The van der Waals surface area contributed by atoms with Gasteiger partial charge in [-0.3, -0.25) is 10.1 Å². The minimum atomic E-state index is -0.333. The Labute approximate surface area is 156 Å². The quantitative estimate of drug-likeness (QED) is 0.593. The van der Waals surface area contributed by atoms with Gasteiger partial charge in [-0.1, -0.05) is 34.5 Å². The highest BCUT2D eigenvalue weighted by Gasteiger charge is 2.18. The largest absolute Gasteiger partial charge is 0.461 e. The highest BCUT2D eigenvalue weighted by atomic mass is 35.5. The van der Waals surface area contributed by atoms with Crippen LogP contribution in [0.25, 0.3) is 11.3 Å². The van der Waals surface area contributed by atoms with Gasteiger partial charge in [0.25, 0.3) is 5.91 Å². The second-order valence-electron chi connectivity index (χ2n) is 4.80. The predicted octanol–water partition coefficient (Wildman–Crippen LogP) is 5.40. The molecule has 0 fully saturated rings. The van der Waals surface area contributed by atoms with E-state index in [2.05, 4.69) is 15.5 Å². The number of hydrogen-bond acceptors (Lipinski definition) is 5. The molecule has 0 spiro atoms. The summed E-state index contributed by atoms with van der Waals surface area (Å²) < 4.78 is 5.66. The van der Waals surface area contributed by atoms with E-state index in [1.165, 1.54) is 11.3 Å². The molecule has 24 heavy (non-hydrogen) atoms. The number of aryl methyl sites for hydroxylation is 1. The molecule has 1 aromatic carbocycles. The average molecular weight is 403 g/mol. The first-order valence-corrected chi connectivity index (χ1v) is 8.84. The van der Waals surface area contributed by atoms with Gasteiger partial charge in [-0.15, -0.1) is 21.8 Å². The third-order valence-corrected chi connectivity index (χ3v) is 5.16. The van der Waals surface area contributed by atoms with Crippen LogP contribution in [0.3, 0.4) is 0 Å². The molecule has 124 valence electrons. The normalized spacial score (nSPS) is 10.8. The van der Waals surface area contributed by atoms with Crippen molar-refractivity contribution in [2.75, 3.05) is 5.32 Å². The number of rotatable bonds is 4. The maximum Gasteiger partial charge on any atom is 0.261 e. The molecule has 1 amide bonds. The number of amides is 1. The molecule has 0 aliphatic heterocycles. The van der Waals surface area contributed by atoms with Crippen LogP contribution in [0.1, 0.15) is 21.1 Å². The fourth-order valence-electron chi connectivity index (χ4n) is 2.02. The molecule has 3 aromatic rings. The number of furan rings is 1. The van der Waals surface area contributed by atoms with Crippen molar-refractivity contribution >= 4 is 57.2 Å². The minimum absolute atomic E-state index is 0.250. The molecule has 0 bridgehead atoms. The lowest BCUT2D eigenvalue weighted by atomic mass is 10.1. The standard InChI is InChI=1S/C15H10Cl3N3O2S/c1-7-9(14(22)19-15-21-20-13(6-16)24-15)5-12(23-7)8-2-3-10(17)11(18)4-8/h2-5H,6H2,1H3,(H,19,21,22). The Morgan fingerprint density at radius 2 is 2.04 bits per heavy atom. The van der Waals surface area contributed by atoms with E-state index in [1.54, 1.807) is 31.2 Å². The van der Waals surface area contributed by atoms with Crippen LogP contribution >= 0.6 is 46.1 Å². The van der Waals surface area contributed by atoms with Crippen molar-refractivity contribution in [3.05, 3.63) is 50.6 Å². The predicted molar refractivity (Wildman–Crippen MR) is 96.3 cm³/mol. The van der Waals surface area contributed by atoms with Crippen LogP contribution in [0.5, 0.6) is 0 Å². The van der Waals surface area contributed by atoms with Crippen molar-refractivity contribution in [3.8, 4) is 11.3 Å². The van der Waals surface area contributed by atoms with Gasteiger partial charge in [-0.05, 0) is 31.2 Å². The molecule has 1 N–H and O–H groups in total. The summed E-state index contributed by atoms with van der Waals surface area (Å²) in [7, 11) is 0. The number of carbonyl (C=O) groups excluding carboxylic acids is 1. The van der Waals surface area contributed by atoms with Gasteiger partial charge < -0.3 is 4.42 Å². The zero-order chi connectivity index (χ0) is 17.3. The van der Waals surface area contributed by atoms with Gasteiger partial charge in [0.05, 0.1) is 21.5 Å². The van der Waals surface area contributed by atoms with Crippen LogP contribution in [0.15, 0.2) is 28.7 Å². The minimum Gasteiger partial charge on any atom is -0.461 e. The lowest BCUT2D eigenvalue weighted by molar-refractivity contribution is 0.102. The Bertz CT molecular complexity index is 907. The highest BCUT2D eigenvalue weighted by molar-refractivity contribution is 7.15. The van der Waals surface area contributed by atoms with Crippen LogP contribution in [-0.2, 0) is 5.88 Å². The smallest absolute Gasteiger partial charge is 0.261 e. The Balaban J connectivity index is 1.85. The molecule has 5 nitrogen and oxygen atoms in total. The van der Waals surface area contributed by atoms with E-state index in [0.717, 1.165) is 5.56 Å². The number of carbonyl (C=O) groups is 1. The summed E-state index contributed by atoms with van der Waals surface area (Å²) in [5.41, 5.74) is 1.13. The summed E-state index contributed by atoms with van der Waals surface area (Å²) in [4.78, 5) is 12.4. The molecule has 3 rings (SSSR count). The first-order valence-electron chi connectivity index (χ1n) is 6.73. The molecule has 2 aromatic heterocycles. The summed E-state index contributed by atoms with van der Waals surface area (Å²) in [5, 5.41) is 12.3. The van der Waals surface area contributed by atoms with Gasteiger partial charge in [0.2, 0.25) is 5.13 Å². The van der Waals surface area contributed by atoms with E-state index < -0.39 is 0 Å². The van der Waals surface area contributed by atoms with E-state index in [-0.39, 0.29) is 11.8 Å². The fraction of sp³-hybridized carbons (Fsp3) is 0.133. The van der Waals surface area contributed by atoms with Crippen LogP contribution in [-0.4, -0.2) is 16.1 Å². The topological polar surface area (TPSA) is 68.0 Å². The molecule has 0 atom stereocenters. The van der Waals surface area contributed by atoms with E-state index >= 15 is 0 Å². The van der Waals surface area contributed by atoms with Gasteiger partial charge in [-0.25, -0.2) is 0 Å². The third-order valence-electron chi connectivity index (χ3n) is 3.17. The lowest BCUT2D eigenvalue weighted by Crippen LogP contribution is -2.11. The van der Waals surface area contributed by atoms with Crippen molar-refractivity contribution < 1.29 is 9.21 Å². The van der Waals surface area contributed by atoms with E-state index in [4.69, 9.17) is 39.2 Å². The first-order chi connectivity index (χ1) is 11.5. The van der Waals surface area contributed by atoms with E-state index in [0.29, 0.717) is 37.3 Å². The number of hydrogen-bond donors (Lipinski definition) is 1. The summed E-state index contributed by atoms with van der Waals surface area (Å²) in [5.74, 6) is 0.921. The lowest BCUT2D eigenvalue weighted by Gasteiger charge is -1.99. The van der Waals surface area contributed by atoms with Crippen molar-refractivity contribution in [1.29, 1.82) is 0 Å². The van der Waals surface area contributed by atoms with Gasteiger partial charge >= 0.3 is 0 Å². The van der Waals surface area contributed by atoms with Crippen LogP contribution in [0.4, 0.5) is 5.13 Å². The second kappa shape index (κ2) is 7.11. The van der Waals surface area contributed by atoms with Gasteiger partial charge in [0.1, 0.15) is 16.5 Å². The summed E-state index contributed by atoms with van der Waals surface area (Å²) in [6.07, 6.45) is 0. The molecule has 0 unspecified atom stereocenters. The molecule has 0 radical (unpaired) electrons. The fourth-order valence-corrected chi connectivity index (χ4v) is 3.12. The van der Waals surface area contributed by atoms with Crippen LogP contribution in [0, 0.1) is 6.92 Å². The molecule has 0 aliphatic carbocycles. The Hall–Kier alpha value is -1.60. The number of alkyl halides is 1. The average Bonchev–Trinajstić information content (AvgIpc) is 3.16. The van der Waals surface area contributed by atoms with E-state index in [9.17, 15) is 4.79 Å². The number of anilines is 1. The number of halogens is 3. The zero-order valence-electron chi connectivity index (χ0n) is 12.3. The van der Waals surface area contributed by atoms with Crippen molar-refractivity contribution in [3.63, 3.8) is 0 Å². The molecular weight excluding hydrogens is 393 g/mol. The maximum absolute atomic E-state index is 12.4. The molecule has 9 heteroatoms. The summed E-state index contributed by atoms with van der Waals surface area (Å²) in [6.45, 7) is 1.71. The zero-order valence-corrected chi connectivity index (χ0v) is 15.4. The second-order valence-corrected chi connectivity index (χ2v) is 6.94. The maximum atomic E-state index is 12.4. The number of aromatic nitrogens is 2. The number of benzene rings is 1. The first kappa shape index (κ1) is 17.2. The van der Waals surface area contributed by atoms with Crippen molar-refractivity contribution in [1.82, 2.24) is 10.2 Å². The van der Waals surface area contributed by atoms with Crippen molar-refractivity contribution in [2.24, 2.45) is 0 Å². The Morgan fingerprint density at radius 3 is 2.71 bits per heavy atom. The highest BCUT2D eigenvalue weighted by Crippen LogP contribution is 2.31. The Kier molecular flexibility index (Phi) is 5.10. The van der Waals surface area contributed by atoms with Gasteiger partial charge in [0, 0.05) is 5.56 Å². The number of nitrogens with one attached hydrogen (secondary N) is 1. The van der Waals surface area contributed by atoms with Crippen molar-refractivity contribution in [2.45, 2.75) is 12.8 Å². The summed E-state index contributed by atoms with van der Waals surface area (Å²) in [6, 6.07) is 6.77. The van der Waals surface area contributed by atoms with E-state index in [1.807, 2.05) is 0 Å². The Morgan fingerprint density at radius 1 is 1.25 bits per heavy atom. The SMILES string of the molecule is Cc1oc(-c2ccc(Cl)c(Cl)c2)cc1C(=O)Nc1nnc(CCl)s1. The molecule has 0 saturated heterocycles. The molecule has 2 heterocycles. The third kappa shape index (κ3) is 3.57. The summed E-state index contributed by atoms with van der Waals surface area (Å²) >= 11 is 18.8.